The van der Waals surface area contributed by atoms with Crippen molar-refractivity contribution in [3.05, 3.63) is 86.8 Å². The van der Waals surface area contributed by atoms with E-state index in [2.05, 4.69) is 29.2 Å². The van der Waals surface area contributed by atoms with Crippen molar-refractivity contribution in [2.24, 2.45) is 5.92 Å². The van der Waals surface area contributed by atoms with Crippen molar-refractivity contribution < 1.29 is 9.53 Å². The highest BCUT2D eigenvalue weighted by Crippen LogP contribution is 2.20. The molecule has 1 amide bonds. The fourth-order valence-corrected chi connectivity index (χ4v) is 4.34. The van der Waals surface area contributed by atoms with Crippen LogP contribution >= 0.6 is 11.3 Å². The third kappa shape index (κ3) is 5.20. The lowest BCUT2D eigenvalue weighted by atomic mass is 10.1. The van der Waals surface area contributed by atoms with Gasteiger partial charge in [-0.05, 0) is 37.1 Å². The standard InChI is InChI=1S/C24H24N4O3S/c1-15(2)10-21-27-28-22(29)13-19(26-24(28)32-21)14-31-20-9-5-8-18(12-20)25-23(30)17-7-4-6-16(3)11-17/h4-9,11-13,15H,10,14H2,1-3H3,(H,25,30). The van der Waals surface area contributed by atoms with E-state index in [1.54, 1.807) is 30.3 Å². The fourth-order valence-electron chi connectivity index (χ4n) is 3.21. The summed E-state index contributed by atoms with van der Waals surface area (Å²) in [6.45, 7) is 6.30. The van der Waals surface area contributed by atoms with Crippen LogP contribution in [0, 0.1) is 12.8 Å². The van der Waals surface area contributed by atoms with Crippen LogP contribution < -0.4 is 15.6 Å². The third-order valence-corrected chi connectivity index (χ3v) is 5.61. The van der Waals surface area contributed by atoms with Crippen molar-refractivity contribution in [2.75, 3.05) is 5.32 Å². The highest BCUT2D eigenvalue weighted by Gasteiger charge is 2.11. The second-order valence-corrected chi connectivity index (χ2v) is 9.05. The van der Waals surface area contributed by atoms with Crippen molar-refractivity contribution in [1.82, 2.24) is 14.6 Å². The lowest BCUT2D eigenvalue weighted by Gasteiger charge is -2.09. The van der Waals surface area contributed by atoms with Crippen LogP contribution in [0.3, 0.4) is 0 Å². The molecule has 0 radical (unpaired) electrons. The van der Waals surface area contributed by atoms with Crippen molar-refractivity contribution in [3.63, 3.8) is 0 Å². The first-order valence-electron chi connectivity index (χ1n) is 10.4. The summed E-state index contributed by atoms with van der Waals surface area (Å²) in [5, 5.41) is 8.13. The molecule has 0 saturated heterocycles. The zero-order valence-electron chi connectivity index (χ0n) is 18.2. The molecule has 2 aromatic heterocycles. The first kappa shape index (κ1) is 21.7. The average Bonchev–Trinajstić information content (AvgIpc) is 3.15. The molecule has 164 valence electrons. The molecule has 0 atom stereocenters. The number of hydrogen-bond donors (Lipinski definition) is 1. The maximum atomic E-state index is 12.5. The van der Waals surface area contributed by atoms with Crippen LogP contribution in [0.15, 0.2) is 59.4 Å². The normalized spacial score (nSPS) is 11.1. The topological polar surface area (TPSA) is 85.6 Å². The molecule has 0 aliphatic heterocycles. The molecule has 0 bridgehead atoms. The Balaban J connectivity index is 1.45. The molecule has 7 nitrogen and oxygen atoms in total. The van der Waals surface area contributed by atoms with Gasteiger partial charge in [0.25, 0.3) is 11.5 Å². The molecule has 0 spiro atoms. The minimum absolute atomic E-state index is 0.137. The van der Waals surface area contributed by atoms with Crippen LogP contribution in [0.1, 0.15) is 40.5 Å². The average molecular weight is 449 g/mol. The molecule has 4 aromatic rings. The number of nitrogens with zero attached hydrogens (tertiary/aromatic N) is 3. The highest BCUT2D eigenvalue weighted by atomic mass is 32.1. The number of rotatable bonds is 7. The van der Waals surface area contributed by atoms with Gasteiger partial charge in [0.1, 0.15) is 17.4 Å². The molecule has 0 saturated carbocycles. The predicted octanol–water partition coefficient (Wildman–Crippen LogP) is 4.49. The van der Waals surface area contributed by atoms with Crippen molar-refractivity contribution in [1.29, 1.82) is 0 Å². The zero-order chi connectivity index (χ0) is 22.7. The number of anilines is 1. The largest absolute Gasteiger partial charge is 0.487 e. The summed E-state index contributed by atoms with van der Waals surface area (Å²) in [6.07, 6.45) is 0.806. The van der Waals surface area contributed by atoms with Crippen LogP contribution in [0.5, 0.6) is 5.75 Å². The molecule has 8 heteroatoms. The van der Waals surface area contributed by atoms with Crippen LogP contribution in [0.4, 0.5) is 5.69 Å². The molecule has 1 N–H and O–H groups in total. The molecule has 2 heterocycles. The van der Waals surface area contributed by atoms with Gasteiger partial charge >= 0.3 is 0 Å². The monoisotopic (exact) mass is 448 g/mol. The number of aryl methyl sites for hydroxylation is 1. The van der Waals surface area contributed by atoms with Crippen LogP contribution in [-0.2, 0) is 13.0 Å². The Hall–Kier alpha value is -3.52. The zero-order valence-corrected chi connectivity index (χ0v) is 19.0. The summed E-state index contributed by atoms with van der Waals surface area (Å²) < 4.78 is 7.18. The number of benzene rings is 2. The summed E-state index contributed by atoms with van der Waals surface area (Å²) in [5.74, 6) is 0.833. The van der Waals surface area contributed by atoms with Gasteiger partial charge in [0.2, 0.25) is 4.96 Å². The van der Waals surface area contributed by atoms with Gasteiger partial charge in [-0.25, -0.2) is 4.98 Å². The highest BCUT2D eigenvalue weighted by molar-refractivity contribution is 7.16. The van der Waals surface area contributed by atoms with E-state index in [0.29, 0.717) is 33.6 Å². The Labute approximate surface area is 189 Å². The number of ether oxygens (including phenoxy) is 1. The number of hydrogen-bond acceptors (Lipinski definition) is 6. The second kappa shape index (κ2) is 9.32. The third-order valence-electron chi connectivity index (χ3n) is 4.68. The molecule has 0 fully saturated rings. The van der Waals surface area contributed by atoms with E-state index in [4.69, 9.17) is 4.74 Å². The van der Waals surface area contributed by atoms with E-state index in [0.717, 1.165) is 17.0 Å². The Morgan fingerprint density at radius 2 is 1.97 bits per heavy atom. The van der Waals surface area contributed by atoms with E-state index < -0.39 is 0 Å². The summed E-state index contributed by atoms with van der Waals surface area (Å²) in [7, 11) is 0. The fraction of sp³-hybridized carbons (Fsp3) is 0.250. The Kier molecular flexibility index (Phi) is 6.32. The Bertz CT molecular complexity index is 1330. The summed E-state index contributed by atoms with van der Waals surface area (Å²) >= 11 is 1.42. The van der Waals surface area contributed by atoms with Crippen LogP contribution in [-0.4, -0.2) is 20.5 Å². The van der Waals surface area contributed by atoms with E-state index >= 15 is 0 Å². The number of carbonyl (C=O) groups is 1. The minimum atomic E-state index is -0.223. The van der Waals surface area contributed by atoms with Crippen LogP contribution in [0.25, 0.3) is 4.96 Å². The first-order chi connectivity index (χ1) is 15.4. The Morgan fingerprint density at radius 3 is 2.75 bits per heavy atom. The SMILES string of the molecule is Cc1cccc(C(=O)Nc2cccc(OCc3cc(=O)n4nc(CC(C)C)sc4n3)c2)c1. The lowest BCUT2D eigenvalue weighted by molar-refractivity contribution is 0.102. The van der Waals surface area contributed by atoms with Gasteiger partial charge in [0, 0.05) is 29.8 Å². The van der Waals surface area contributed by atoms with Gasteiger partial charge in [0.05, 0.1) is 5.69 Å². The number of carbonyl (C=O) groups excluding carboxylic acids is 1. The molecular formula is C24H24N4O3S. The minimum Gasteiger partial charge on any atom is -0.487 e. The van der Waals surface area contributed by atoms with Gasteiger partial charge in [-0.3, -0.25) is 9.59 Å². The quantitative estimate of drug-likeness (QED) is 0.450. The molecule has 0 unspecified atom stereocenters. The van der Waals surface area contributed by atoms with E-state index in [1.807, 2.05) is 25.1 Å². The molecule has 4 rings (SSSR count). The van der Waals surface area contributed by atoms with Gasteiger partial charge in [0.15, 0.2) is 0 Å². The molecule has 2 aromatic carbocycles. The summed E-state index contributed by atoms with van der Waals surface area (Å²) in [5.41, 5.74) is 2.55. The first-order valence-corrected chi connectivity index (χ1v) is 11.2. The Morgan fingerprint density at radius 1 is 1.16 bits per heavy atom. The van der Waals surface area contributed by atoms with E-state index in [1.165, 1.54) is 21.9 Å². The summed E-state index contributed by atoms with van der Waals surface area (Å²) in [4.78, 5) is 30.0. The molecular weight excluding hydrogens is 424 g/mol. The van der Waals surface area contributed by atoms with E-state index in [-0.39, 0.29) is 18.1 Å². The smallest absolute Gasteiger partial charge is 0.275 e. The predicted molar refractivity (Wildman–Crippen MR) is 126 cm³/mol. The number of fused-ring (bicyclic) bond motifs is 1. The summed E-state index contributed by atoms with van der Waals surface area (Å²) in [6, 6.07) is 16.0. The van der Waals surface area contributed by atoms with Crippen LogP contribution in [0.2, 0.25) is 0 Å². The molecule has 32 heavy (non-hydrogen) atoms. The van der Waals surface area contributed by atoms with Crippen molar-refractivity contribution in [2.45, 2.75) is 33.8 Å². The van der Waals surface area contributed by atoms with Crippen molar-refractivity contribution >= 4 is 27.9 Å². The maximum Gasteiger partial charge on any atom is 0.275 e. The van der Waals surface area contributed by atoms with E-state index in [9.17, 15) is 9.59 Å². The molecule has 0 aliphatic carbocycles. The number of amides is 1. The van der Waals surface area contributed by atoms with Gasteiger partial charge in [-0.2, -0.15) is 9.61 Å². The van der Waals surface area contributed by atoms with Gasteiger partial charge in [-0.15, -0.1) is 0 Å². The number of nitrogens with one attached hydrogen (secondary N) is 1. The molecule has 0 aliphatic rings. The second-order valence-electron chi connectivity index (χ2n) is 8.01. The van der Waals surface area contributed by atoms with Gasteiger partial charge < -0.3 is 10.1 Å². The van der Waals surface area contributed by atoms with Crippen molar-refractivity contribution in [3.8, 4) is 5.75 Å². The lowest BCUT2D eigenvalue weighted by Crippen LogP contribution is -2.16. The van der Waals surface area contributed by atoms with Gasteiger partial charge in [-0.1, -0.05) is 48.9 Å². The number of aromatic nitrogens is 3. The maximum absolute atomic E-state index is 12.5.